The van der Waals surface area contributed by atoms with E-state index in [-0.39, 0.29) is 5.91 Å². The Morgan fingerprint density at radius 1 is 1.28 bits per heavy atom. The fourth-order valence-electron chi connectivity index (χ4n) is 2.30. The lowest BCUT2D eigenvalue weighted by atomic mass is 10.0. The molecule has 0 aliphatic rings. The number of phenolic OH excluding ortho intramolecular Hbond substituents is 1. The second kappa shape index (κ2) is 8.84. The molecule has 0 aliphatic carbocycles. The molecule has 0 radical (unpaired) electrons. The minimum atomic E-state index is -0.818. The first kappa shape index (κ1) is 18.5. The number of nitrogen functional groups attached to an aromatic ring is 1. The van der Waals surface area contributed by atoms with Crippen LogP contribution in [0.5, 0.6) is 5.75 Å². The van der Waals surface area contributed by atoms with Crippen molar-refractivity contribution in [2.24, 2.45) is 0 Å². The molecule has 0 unspecified atom stereocenters. The van der Waals surface area contributed by atoms with Gasteiger partial charge in [-0.15, -0.1) is 0 Å². The molecule has 0 aromatic heterocycles. The number of aliphatic hydroxyl groups is 1. The molecule has 0 saturated heterocycles. The number of hydrogen-bond acceptors (Lipinski definition) is 4. The minimum absolute atomic E-state index is 0.279. The van der Waals surface area contributed by atoms with Crippen molar-refractivity contribution in [1.82, 2.24) is 0 Å². The predicted octanol–water partition coefficient (Wildman–Crippen LogP) is 3.51. The van der Waals surface area contributed by atoms with Crippen molar-refractivity contribution in [2.45, 2.75) is 25.4 Å². The van der Waals surface area contributed by atoms with Gasteiger partial charge in [0.15, 0.2) is 11.6 Å². The number of nitrogens with two attached hydrogens (primary N) is 1. The lowest BCUT2D eigenvalue weighted by molar-refractivity contribution is -0.111. The van der Waals surface area contributed by atoms with Crippen LogP contribution < -0.4 is 11.1 Å². The third-order valence-corrected chi connectivity index (χ3v) is 3.69. The van der Waals surface area contributed by atoms with Crippen molar-refractivity contribution in [1.29, 1.82) is 0 Å². The summed E-state index contributed by atoms with van der Waals surface area (Å²) in [5, 5.41) is 21.8. The van der Waals surface area contributed by atoms with E-state index in [2.05, 4.69) is 5.32 Å². The number of nitrogens with one attached hydrogen (secondary N) is 1. The largest absolute Gasteiger partial charge is 0.505 e. The summed E-state index contributed by atoms with van der Waals surface area (Å²) in [7, 11) is 0. The molecule has 1 atom stereocenters. The number of rotatable bonds is 7. The third-order valence-electron chi connectivity index (χ3n) is 3.69. The molecule has 0 saturated carbocycles. The summed E-state index contributed by atoms with van der Waals surface area (Å²) in [5.41, 5.74) is 7.21. The van der Waals surface area contributed by atoms with E-state index in [1.807, 2.05) is 0 Å². The first-order chi connectivity index (χ1) is 12.0. The Morgan fingerprint density at radius 2 is 2.04 bits per heavy atom. The van der Waals surface area contributed by atoms with Crippen molar-refractivity contribution < 1.29 is 19.4 Å². The first-order valence-corrected chi connectivity index (χ1v) is 7.96. The van der Waals surface area contributed by atoms with E-state index in [4.69, 9.17) is 10.8 Å². The fourth-order valence-corrected chi connectivity index (χ4v) is 2.30. The number of para-hydroxylation sites is 2. The van der Waals surface area contributed by atoms with Crippen LogP contribution in [-0.2, 0) is 4.79 Å². The van der Waals surface area contributed by atoms with E-state index in [9.17, 15) is 14.3 Å². The van der Waals surface area contributed by atoms with Gasteiger partial charge in [-0.25, -0.2) is 4.39 Å². The maximum absolute atomic E-state index is 13.3. The maximum Gasteiger partial charge on any atom is 0.248 e. The molecule has 0 spiro atoms. The highest BCUT2D eigenvalue weighted by atomic mass is 19.1. The zero-order chi connectivity index (χ0) is 18.2. The van der Waals surface area contributed by atoms with Gasteiger partial charge in [0.25, 0.3) is 0 Å². The molecule has 0 heterocycles. The number of benzene rings is 2. The van der Waals surface area contributed by atoms with Gasteiger partial charge in [-0.05, 0) is 55.2 Å². The molecule has 2 aromatic rings. The van der Waals surface area contributed by atoms with E-state index in [0.29, 0.717) is 36.2 Å². The van der Waals surface area contributed by atoms with Crippen LogP contribution in [0, 0.1) is 5.82 Å². The van der Waals surface area contributed by atoms with Crippen LogP contribution in [0.2, 0.25) is 0 Å². The van der Waals surface area contributed by atoms with Crippen molar-refractivity contribution in [3.05, 3.63) is 66.0 Å². The maximum atomic E-state index is 13.3. The summed E-state index contributed by atoms with van der Waals surface area (Å²) in [6.07, 6.45) is 3.94. The molecule has 0 fully saturated rings. The molecule has 5 N–H and O–H groups in total. The lowest BCUT2D eigenvalue weighted by Gasteiger charge is -2.10. The summed E-state index contributed by atoms with van der Waals surface area (Å²) < 4.78 is 13.3. The SMILES string of the molecule is Nc1ccccc1NC(=O)/C=C/CCC[C@H](O)c1ccc(O)c(F)c1. The summed E-state index contributed by atoms with van der Waals surface area (Å²) in [5.74, 6) is -1.48. The highest BCUT2D eigenvalue weighted by Crippen LogP contribution is 2.24. The van der Waals surface area contributed by atoms with Gasteiger partial charge in [0.1, 0.15) is 0 Å². The zero-order valence-corrected chi connectivity index (χ0v) is 13.7. The number of unbranched alkanes of at least 4 members (excludes halogenated alkanes) is 1. The highest BCUT2D eigenvalue weighted by Gasteiger charge is 2.10. The molecule has 25 heavy (non-hydrogen) atoms. The van der Waals surface area contributed by atoms with Crippen LogP contribution in [0.3, 0.4) is 0 Å². The lowest BCUT2D eigenvalue weighted by Crippen LogP contribution is -2.09. The van der Waals surface area contributed by atoms with Crippen molar-refractivity contribution >= 4 is 17.3 Å². The summed E-state index contributed by atoms with van der Waals surface area (Å²) >= 11 is 0. The van der Waals surface area contributed by atoms with Gasteiger partial charge in [-0.1, -0.05) is 24.3 Å². The average molecular weight is 344 g/mol. The number of amides is 1. The number of hydrogen-bond donors (Lipinski definition) is 4. The molecular weight excluding hydrogens is 323 g/mol. The van der Waals surface area contributed by atoms with Crippen LogP contribution in [0.25, 0.3) is 0 Å². The monoisotopic (exact) mass is 344 g/mol. The second-order valence-corrected chi connectivity index (χ2v) is 5.64. The normalized spacial score (nSPS) is 12.2. The summed E-state index contributed by atoms with van der Waals surface area (Å²) in [6, 6.07) is 10.8. The van der Waals surface area contributed by atoms with Gasteiger partial charge in [0.05, 0.1) is 17.5 Å². The van der Waals surface area contributed by atoms with Crippen LogP contribution in [0.4, 0.5) is 15.8 Å². The van der Waals surface area contributed by atoms with Crippen LogP contribution in [0.1, 0.15) is 30.9 Å². The third kappa shape index (κ3) is 5.61. The Bertz CT molecular complexity index is 762. The molecule has 1 amide bonds. The van der Waals surface area contributed by atoms with E-state index in [1.54, 1.807) is 30.3 Å². The average Bonchev–Trinajstić information content (AvgIpc) is 2.59. The van der Waals surface area contributed by atoms with Gasteiger partial charge in [0, 0.05) is 0 Å². The van der Waals surface area contributed by atoms with E-state index in [0.717, 1.165) is 6.07 Å². The van der Waals surface area contributed by atoms with Crippen molar-refractivity contribution in [2.75, 3.05) is 11.1 Å². The van der Waals surface area contributed by atoms with Gasteiger partial charge < -0.3 is 21.3 Å². The van der Waals surface area contributed by atoms with Gasteiger partial charge in [-0.2, -0.15) is 0 Å². The molecule has 6 heteroatoms. The predicted molar refractivity (Wildman–Crippen MR) is 95.5 cm³/mol. The molecule has 0 bridgehead atoms. The number of carbonyl (C=O) groups excluding carboxylic acids is 1. The number of phenols is 1. The standard InChI is InChI=1S/C19H21FN2O3/c20-14-12-13(10-11-18(14)24)17(23)8-2-1-3-9-19(25)22-16-7-5-4-6-15(16)21/h3-7,9-12,17,23-24H,1-2,8,21H2,(H,22,25)/b9-3+/t17-/m0/s1. The quantitative estimate of drug-likeness (QED) is 0.351. The summed E-state index contributed by atoms with van der Waals surface area (Å²) in [6.45, 7) is 0. The smallest absolute Gasteiger partial charge is 0.248 e. The van der Waals surface area contributed by atoms with Crippen molar-refractivity contribution in [3.63, 3.8) is 0 Å². The van der Waals surface area contributed by atoms with E-state index >= 15 is 0 Å². The highest BCUT2D eigenvalue weighted by molar-refractivity contribution is 6.01. The fraction of sp³-hybridized carbons (Fsp3) is 0.211. The Labute approximate surface area is 145 Å². The Kier molecular flexibility index (Phi) is 6.54. The second-order valence-electron chi connectivity index (χ2n) is 5.64. The number of halogens is 1. The number of allylic oxidation sites excluding steroid dienone is 1. The van der Waals surface area contributed by atoms with Crippen LogP contribution in [0.15, 0.2) is 54.6 Å². The van der Waals surface area contributed by atoms with E-state index in [1.165, 1.54) is 18.2 Å². The number of aromatic hydroxyl groups is 1. The molecule has 5 nitrogen and oxygen atoms in total. The zero-order valence-electron chi connectivity index (χ0n) is 13.7. The number of anilines is 2. The molecular formula is C19H21FN2O3. The molecule has 0 aliphatic heterocycles. The Hall–Kier alpha value is -2.86. The number of aliphatic hydroxyl groups excluding tert-OH is 1. The van der Waals surface area contributed by atoms with Crippen LogP contribution >= 0.6 is 0 Å². The Morgan fingerprint density at radius 3 is 2.76 bits per heavy atom. The van der Waals surface area contributed by atoms with Crippen molar-refractivity contribution in [3.8, 4) is 5.75 Å². The first-order valence-electron chi connectivity index (χ1n) is 7.96. The topological polar surface area (TPSA) is 95.6 Å². The molecule has 132 valence electrons. The Balaban J connectivity index is 1.74. The van der Waals surface area contributed by atoms with Crippen LogP contribution in [-0.4, -0.2) is 16.1 Å². The molecule has 2 aromatic carbocycles. The number of carbonyl (C=O) groups is 1. The molecule has 2 rings (SSSR count). The van der Waals surface area contributed by atoms with Gasteiger partial charge in [0.2, 0.25) is 5.91 Å². The van der Waals surface area contributed by atoms with E-state index < -0.39 is 17.7 Å². The minimum Gasteiger partial charge on any atom is -0.505 e. The summed E-state index contributed by atoms with van der Waals surface area (Å²) in [4.78, 5) is 11.8. The van der Waals surface area contributed by atoms with Gasteiger partial charge >= 0.3 is 0 Å². The van der Waals surface area contributed by atoms with Gasteiger partial charge in [-0.3, -0.25) is 4.79 Å².